The van der Waals surface area contributed by atoms with Gasteiger partial charge in [0.2, 0.25) is 15.9 Å². The number of carbonyl (C=O) groups excluding carboxylic acids is 1. The van der Waals surface area contributed by atoms with E-state index >= 15 is 4.39 Å². The maximum absolute atomic E-state index is 15.5. The molecule has 9 heteroatoms. The molecule has 0 unspecified atom stereocenters. The van der Waals surface area contributed by atoms with Gasteiger partial charge in [-0.15, -0.1) is 11.6 Å². The highest BCUT2D eigenvalue weighted by atomic mass is 35.5. The third-order valence-electron chi connectivity index (χ3n) is 6.25. The van der Waals surface area contributed by atoms with Crippen LogP contribution < -0.4 is 4.72 Å². The molecule has 5 rings (SSSR count). The summed E-state index contributed by atoms with van der Waals surface area (Å²) in [6.45, 7) is 1.92. The molecule has 3 aromatic rings. The highest BCUT2D eigenvalue weighted by molar-refractivity contribution is 7.89. The van der Waals surface area contributed by atoms with Gasteiger partial charge in [-0.05, 0) is 49.9 Å². The SMILES string of the molecule is C[C@H]1Cc2c([nH]c3ccccc23)[C@H](c2ccc(S(=O)(=O)NC3CC3)cc2F)N1C(=O)CCl. The highest BCUT2D eigenvalue weighted by Gasteiger charge is 2.39. The van der Waals surface area contributed by atoms with Crippen molar-refractivity contribution in [3.8, 4) is 0 Å². The molecule has 2 atom stereocenters. The van der Waals surface area contributed by atoms with Crippen molar-refractivity contribution in [2.75, 3.05) is 5.88 Å². The minimum absolute atomic E-state index is 0.0762. The van der Waals surface area contributed by atoms with Crippen LogP contribution in [0.15, 0.2) is 47.4 Å². The van der Waals surface area contributed by atoms with Crippen LogP contribution in [0.4, 0.5) is 4.39 Å². The lowest BCUT2D eigenvalue weighted by atomic mass is 9.88. The molecule has 32 heavy (non-hydrogen) atoms. The molecule has 0 saturated heterocycles. The van der Waals surface area contributed by atoms with E-state index < -0.39 is 21.9 Å². The predicted octanol–water partition coefficient (Wildman–Crippen LogP) is 3.85. The lowest BCUT2D eigenvalue weighted by Crippen LogP contribution is -2.47. The average Bonchev–Trinajstić information content (AvgIpc) is 3.50. The number of nitrogens with zero attached hydrogens (tertiary/aromatic N) is 1. The summed E-state index contributed by atoms with van der Waals surface area (Å²) in [6.07, 6.45) is 2.19. The van der Waals surface area contributed by atoms with Crippen LogP contribution in [-0.4, -0.2) is 42.2 Å². The minimum atomic E-state index is -3.79. The molecule has 2 heterocycles. The second-order valence-corrected chi connectivity index (χ2v) is 10.5. The molecule has 0 bridgehead atoms. The number of carbonyl (C=O) groups is 1. The number of alkyl halides is 1. The van der Waals surface area contributed by atoms with E-state index in [0.29, 0.717) is 6.42 Å². The molecule has 2 aliphatic rings. The number of para-hydroxylation sites is 1. The van der Waals surface area contributed by atoms with E-state index in [0.717, 1.165) is 41.1 Å². The quantitative estimate of drug-likeness (QED) is 0.550. The highest BCUT2D eigenvalue weighted by Crippen LogP contribution is 2.42. The van der Waals surface area contributed by atoms with Crippen LogP contribution in [0.5, 0.6) is 0 Å². The summed E-state index contributed by atoms with van der Waals surface area (Å²) in [5, 5.41) is 1.03. The number of hydrogen-bond donors (Lipinski definition) is 2. The number of hydrogen-bond acceptors (Lipinski definition) is 3. The van der Waals surface area contributed by atoms with Gasteiger partial charge in [-0.25, -0.2) is 17.5 Å². The molecular formula is C23H23ClFN3O3S. The molecule has 2 aromatic carbocycles. The number of fused-ring (bicyclic) bond motifs is 3. The fraction of sp³-hybridized carbons (Fsp3) is 0.348. The van der Waals surface area contributed by atoms with E-state index in [1.165, 1.54) is 12.1 Å². The van der Waals surface area contributed by atoms with Crippen molar-refractivity contribution >= 4 is 38.4 Å². The zero-order chi connectivity index (χ0) is 22.6. The zero-order valence-corrected chi connectivity index (χ0v) is 19.0. The van der Waals surface area contributed by atoms with Crippen molar-refractivity contribution in [2.24, 2.45) is 0 Å². The van der Waals surface area contributed by atoms with Gasteiger partial charge in [0, 0.05) is 34.2 Å². The number of amides is 1. The number of H-pyrrole nitrogens is 1. The molecule has 168 valence electrons. The van der Waals surface area contributed by atoms with Crippen molar-refractivity contribution in [1.29, 1.82) is 0 Å². The Labute approximate surface area is 190 Å². The summed E-state index contributed by atoms with van der Waals surface area (Å²) in [7, 11) is -3.79. The Morgan fingerprint density at radius 3 is 2.69 bits per heavy atom. The maximum atomic E-state index is 15.5. The first-order chi connectivity index (χ1) is 15.3. The second kappa shape index (κ2) is 7.86. The van der Waals surface area contributed by atoms with Gasteiger partial charge in [0.25, 0.3) is 0 Å². The van der Waals surface area contributed by atoms with Gasteiger partial charge in [0.05, 0.1) is 4.90 Å². The van der Waals surface area contributed by atoms with Crippen molar-refractivity contribution in [3.05, 3.63) is 65.1 Å². The fourth-order valence-electron chi connectivity index (χ4n) is 4.61. The lowest BCUT2D eigenvalue weighted by Gasteiger charge is -2.41. The number of aromatic amines is 1. The zero-order valence-electron chi connectivity index (χ0n) is 17.4. The molecule has 1 aliphatic heterocycles. The van der Waals surface area contributed by atoms with Gasteiger partial charge < -0.3 is 9.88 Å². The second-order valence-electron chi connectivity index (χ2n) is 8.53. The van der Waals surface area contributed by atoms with Gasteiger partial charge in [0.15, 0.2) is 0 Å². The Balaban J connectivity index is 1.65. The number of aromatic nitrogens is 1. The van der Waals surface area contributed by atoms with E-state index in [-0.39, 0.29) is 34.3 Å². The molecule has 0 radical (unpaired) electrons. The van der Waals surface area contributed by atoms with Crippen LogP contribution in [0.2, 0.25) is 0 Å². The Kier molecular flexibility index (Phi) is 5.27. The van der Waals surface area contributed by atoms with Crippen LogP contribution in [0.1, 0.15) is 42.6 Å². The topological polar surface area (TPSA) is 82.3 Å². The van der Waals surface area contributed by atoms with E-state index in [4.69, 9.17) is 11.6 Å². The smallest absolute Gasteiger partial charge is 0.240 e. The van der Waals surface area contributed by atoms with Crippen molar-refractivity contribution < 1.29 is 17.6 Å². The molecule has 1 amide bonds. The normalized spacial score (nSPS) is 21.0. The number of halogens is 2. The Bertz CT molecular complexity index is 1320. The van der Waals surface area contributed by atoms with Crippen molar-refractivity contribution in [2.45, 2.75) is 49.2 Å². The molecule has 1 aliphatic carbocycles. The summed E-state index contributed by atoms with van der Waals surface area (Å²) >= 11 is 5.91. The first-order valence-electron chi connectivity index (χ1n) is 10.6. The first kappa shape index (κ1) is 21.4. The Morgan fingerprint density at radius 1 is 1.25 bits per heavy atom. The molecule has 1 saturated carbocycles. The molecule has 1 aromatic heterocycles. The number of sulfonamides is 1. The molecular weight excluding hydrogens is 453 g/mol. The summed E-state index contributed by atoms with van der Waals surface area (Å²) < 4.78 is 43.1. The molecule has 0 spiro atoms. The standard InChI is InChI=1S/C23H23ClFN3O3S/c1-13-10-18-16-4-2-3-5-20(16)26-22(18)23(28(13)21(29)12-24)17-9-8-15(11-19(17)25)32(30,31)27-14-6-7-14/h2-5,8-9,11,13-14,23,26-27H,6-7,10,12H2,1H3/t13-,23-/m0/s1. The Morgan fingerprint density at radius 2 is 2.00 bits per heavy atom. The monoisotopic (exact) mass is 475 g/mol. The minimum Gasteiger partial charge on any atom is -0.356 e. The molecule has 6 nitrogen and oxygen atoms in total. The number of rotatable bonds is 5. The van der Waals surface area contributed by atoms with Gasteiger partial charge in [-0.2, -0.15) is 0 Å². The fourth-order valence-corrected chi connectivity index (χ4v) is 6.07. The van der Waals surface area contributed by atoms with Crippen LogP contribution in [0.25, 0.3) is 10.9 Å². The van der Waals surface area contributed by atoms with Gasteiger partial charge >= 0.3 is 0 Å². The van der Waals surface area contributed by atoms with E-state index in [9.17, 15) is 13.2 Å². The average molecular weight is 476 g/mol. The number of nitrogens with one attached hydrogen (secondary N) is 2. The lowest BCUT2D eigenvalue weighted by molar-refractivity contribution is -0.133. The van der Waals surface area contributed by atoms with Crippen LogP contribution in [0.3, 0.4) is 0 Å². The maximum Gasteiger partial charge on any atom is 0.240 e. The third kappa shape index (κ3) is 3.60. The molecule has 2 N–H and O–H groups in total. The van der Waals surface area contributed by atoms with Crippen LogP contribution in [-0.2, 0) is 21.2 Å². The largest absolute Gasteiger partial charge is 0.356 e. The van der Waals surface area contributed by atoms with E-state index in [1.807, 2.05) is 31.2 Å². The van der Waals surface area contributed by atoms with Crippen molar-refractivity contribution in [1.82, 2.24) is 14.6 Å². The predicted molar refractivity (Wildman–Crippen MR) is 121 cm³/mol. The Hall–Kier alpha value is -2.42. The van der Waals surface area contributed by atoms with Crippen molar-refractivity contribution in [3.63, 3.8) is 0 Å². The first-order valence-corrected chi connectivity index (χ1v) is 12.6. The van der Waals surface area contributed by atoms with Gasteiger partial charge in [-0.1, -0.05) is 24.3 Å². The summed E-state index contributed by atoms with van der Waals surface area (Å²) in [5.74, 6) is -1.21. The van der Waals surface area contributed by atoms with Crippen LogP contribution in [0, 0.1) is 5.82 Å². The third-order valence-corrected chi connectivity index (χ3v) is 8.00. The number of benzene rings is 2. The summed E-state index contributed by atoms with van der Waals surface area (Å²) in [4.78, 5) is 17.6. The molecule has 1 fully saturated rings. The van der Waals surface area contributed by atoms with Gasteiger partial charge in [0.1, 0.15) is 17.7 Å². The van der Waals surface area contributed by atoms with Gasteiger partial charge in [-0.3, -0.25) is 4.79 Å². The van der Waals surface area contributed by atoms with E-state index in [1.54, 1.807) is 4.90 Å². The summed E-state index contributed by atoms with van der Waals surface area (Å²) in [6, 6.07) is 10.7. The summed E-state index contributed by atoms with van der Waals surface area (Å²) in [5.41, 5.74) is 2.90. The van der Waals surface area contributed by atoms with Crippen LogP contribution >= 0.6 is 11.6 Å². The van der Waals surface area contributed by atoms with E-state index in [2.05, 4.69) is 9.71 Å².